The van der Waals surface area contributed by atoms with E-state index in [0.717, 1.165) is 43.3 Å². The standard InChI is InChI=1S/C28H38N2O2/c1-22-8-10-24(11-9-22)21-30(28(31)20-23-12-14-27(32-2)15-13-23)26-16-18-29(19-17-26)25-6-4-3-5-7-25/h8-15,25-26H,3-7,16-21H2,1-2H3. The van der Waals surface area contributed by atoms with E-state index in [-0.39, 0.29) is 5.91 Å². The maximum atomic E-state index is 13.5. The lowest BCUT2D eigenvalue weighted by atomic mass is 9.91. The molecule has 0 N–H and O–H groups in total. The maximum absolute atomic E-state index is 13.5. The number of amides is 1. The minimum absolute atomic E-state index is 0.229. The number of nitrogens with zero attached hydrogens (tertiary/aromatic N) is 2. The van der Waals surface area contributed by atoms with Gasteiger partial charge in [-0.2, -0.15) is 0 Å². The average Bonchev–Trinajstić information content (AvgIpc) is 2.85. The number of piperidine rings is 1. The van der Waals surface area contributed by atoms with E-state index in [9.17, 15) is 4.79 Å². The molecule has 0 aromatic heterocycles. The molecule has 0 spiro atoms. The van der Waals surface area contributed by atoms with Crippen LogP contribution >= 0.6 is 0 Å². The second-order valence-electron chi connectivity index (χ2n) is 9.59. The molecule has 0 unspecified atom stereocenters. The lowest BCUT2D eigenvalue weighted by Crippen LogP contribution is -2.50. The van der Waals surface area contributed by atoms with Crippen LogP contribution in [0.5, 0.6) is 5.75 Å². The summed E-state index contributed by atoms with van der Waals surface area (Å²) in [6, 6.07) is 17.6. The largest absolute Gasteiger partial charge is 0.497 e. The summed E-state index contributed by atoms with van der Waals surface area (Å²) in [7, 11) is 1.67. The molecule has 0 radical (unpaired) electrons. The van der Waals surface area contributed by atoms with Gasteiger partial charge in [0.1, 0.15) is 5.75 Å². The van der Waals surface area contributed by atoms with E-state index >= 15 is 0 Å². The van der Waals surface area contributed by atoms with Gasteiger partial charge in [0.2, 0.25) is 5.91 Å². The first-order valence-electron chi connectivity index (χ1n) is 12.3. The van der Waals surface area contributed by atoms with Crippen LogP contribution in [0, 0.1) is 6.92 Å². The highest BCUT2D eigenvalue weighted by molar-refractivity contribution is 5.79. The molecule has 4 nitrogen and oxygen atoms in total. The molecule has 4 heteroatoms. The number of methoxy groups -OCH3 is 1. The first-order valence-corrected chi connectivity index (χ1v) is 12.3. The smallest absolute Gasteiger partial charge is 0.227 e. The van der Waals surface area contributed by atoms with E-state index in [1.54, 1.807) is 7.11 Å². The monoisotopic (exact) mass is 434 g/mol. The molecule has 0 atom stereocenters. The Hall–Kier alpha value is -2.33. The van der Waals surface area contributed by atoms with E-state index in [2.05, 4.69) is 41.0 Å². The molecular weight excluding hydrogens is 396 g/mol. The van der Waals surface area contributed by atoms with Crippen molar-refractivity contribution < 1.29 is 9.53 Å². The number of rotatable bonds is 7. The maximum Gasteiger partial charge on any atom is 0.227 e. The van der Waals surface area contributed by atoms with Gasteiger partial charge >= 0.3 is 0 Å². The van der Waals surface area contributed by atoms with Crippen molar-refractivity contribution in [2.24, 2.45) is 0 Å². The number of hydrogen-bond donors (Lipinski definition) is 0. The molecule has 2 aromatic rings. The van der Waals surface area contributed by atoms with Crippen LogP contribution in [-0.4, -0.2) is 48.0 Å². The molecule has 1 heterocycles. The van der Waals surface area contributed by atoms with Crippen LogP contribution in [0.3, 0.4) is 0 Å². The second kappa shape index (κ2) is 11.0. The SMILES string of the molecule is COc1ccc(CC(=O)N(Cc2ccc(C)cc2)C2CCN(C3CCCCC3)CC2)cc1. The highest BCUT2D eigenvalue weighted by atomic mass is 16.5. The van der Waals surface area contributed by atoms with Gasteiger partial charge in [-0.25, -0.2) is 0 Å². The number of benzene rings is 2. The van der Waals surface area contributed by atoms with Gasteiger partial charge in [-0.3, -0.25) is 4.79 Å². The molecule has 1 aliphatic carbocycles. The van der Waals surface area contributed by atoms with Gasteiger partial charge in [-0.05, 0) is 55.9 Å². The fourth-order valence-electron chi connectivity index (χ4n) is 5.34. The number of ether oxygens (including phenoxy) is 1. The molecule has 0 bridgehead atoms. The van der Waals surface area contributed by atoms with Crippen molar-refractivity contribution in [2.75, 3.05) is 20.2 Å². The van der Waals surface area contributed by atoms with Crippen molar-refractivity contribution in [3.05, 3.63) is 65.2 Å². The van der Waals surface area contributed by atoms with Gasteiger partial charge < -0.3 is 14.5 Å². The predicted molar refractivity (Wildman–Crippen MR) is 130 cm³/mol. The zero-order valence-electron chi connectivity index (χ0n) is 19.8. The van der Waals surface area contributed by atoms with Crippen LogP contribution in [0.1, 0.15) is 61.6 Å². The number of carbonyl (C=O) groups is 1. The molecule has 1 aliphatic heterocycles. The fraction of sp³-hybridized carbons (Fsp3) is 0.536. The molecule has 2 aliphatic rings. The van der Waals surface area contributed by atoms with Crippen molar-refractivity contribution in [1.29, 1.82) is 0 Å². The molecule has 1 saturated heterocycles. The Balaban J connectivity index is 1.44. The first kappa shape index (κ1) is 22.8. The normalized spacial score (nSPS) is 18.4. The topological polar surface area (TPSA) is 32.8 Å². The van der Waals surface area contributed by atoms with Crippen LogP contribution < -0.4 is 4.74 Å². The summed E-state index contributed by atoms with van der Waals surface area (Å²) in [6.45, 7) is 5.05. The number of carbonyl (C=O) groups excluding carboxylic acids is 1. The summed E-state index contributed by atoms with van der Waals surface area (Å²) in [5.74, 6) is 1.06. The zero-order valence-corrected chi connectivity index (χ0v) is 19.8. The molecular formula is C28H38N2O2. The zero-order chi connectivity index (χ0) is 22.3. The van der Waals surface area contributed by atoms with E-state index in [0.29, 0.717) is 19.0 Å². The van der Waals surface area contributed by atoms with Gasteiger partial charge in [0, 0.05) is 31.7 Å². The van der Waals surface area contributed by atoms with Crippen molar-refractivity contribution in [3.8, 4) is 5.75 Å². The van der Waals surface area contributed by atoms with Crippen LogP contribution in [0.15, 0.2) is 48.5 Å². The van der Waals surface area contributed by atoms with E-state index in [1.165, 1.54) is 43.2 Å². The minimum Gasteiger partial charge on any atom is -0.497 e. The summed E-state index contributed by atoms with van der Waals surface area (Å²) in [6.07, 6.45) is 9.47. The molecule has 4 rings (SSSR count). The number of aryl methyl sites for hydroxylation is 1. The Labute approximate surface area is 193 Å². The Morgan fingerprint density at radius 2 is 1.53 bits per heavy atom. The van der Waals surface area contributed by atoms with Crippen LogP contribution in [0.4, 0.5) is 0 Å². The van der Waals surface area contributed by atoms with Gasteiger partial charge in [0.15, 0.2) is 0 Å². The van der Waals surface area contributed by atoms with Crippen molar-refractivity contribution in [2.45, 2.75) is 76.9 Å². The summed E-state index contributed by atoms with van der Waals surface area (Å²) in [5.41, 5.74) is 3.52. The quantitative estimate of drug-likeness (QED) is 0.587. The van der Waals surface area contributed by atoms with Crippen LogP contribution in [-0.2, 0) is 17.8 Å². The van der Waals surface area contributed by atoms with E-state index in [4.69, 9.17) is 4.74 Å². The highest BCUT2D eigenvalue weighted by Gasteiger charge is 2.31. The summed E-state index contributed by atoms with van der Waals surface area (Å²) >= 11 is 0. The lowest BCUT2D eigenvalue weighted by Gasteiger charge is -2.42. The lowest BCUT2D eigenvalue weighted by molar-refractivity contribution is -0.134. The van der Waals surface area contributed by atoms with Gasteiger partial charge in [-0.15, -0.1) is 0 Å². The third-order valence-corrected chi connectivity index (χ3v) is 7.34. The molecule has 1 amide bonds. The predicted octanol–water partition coefficient (Wildman–Crippen LogP) is 5.37. The van der Waals surface area contributed by atoms with Crippen molar-refractivity contribution in [3.63, 3.8) is 0 Å². The molecule has 2 fully saturated rings. The van der Waals surface area contributed by atoms with Crippen molar-refractivity contribution in [1.82, 2.24) is 9.80 Å². The Kier molecular flexibility index (Phi) is 7.85. The third-order valence-electron chi connectivity index (χ3n) is 7.34. The van der Waals surface area contributed by atoms with Gasteiger partial charge in [-0.1, -0.05) is 61.2 Å². The molecule has 32 heavy (non-hydrogen) atoms. The highest BCUT2D eigenvalue weighted by Crippen LogP contribution is 2.28. The number of likely N-dealkylation sites (tertiary alicyclic amines) is 1. The second-order valence-corrected chi connectivity index (χ2v) is 9.59. The average molecular weight is 435 g/mol. The summed E-state index contributed by atoms with van der Waals surface area (Å²) < 4.78 is 5.27. The van der Waals surface area contributed by atoms with E-state index in [1.807, 2.05) is 24.3 Å². The minimum atomic E-state index is 0.229. The van der Waals surface area contributed by atoms with E-state index < -0.39 is 0 Å². The Morgan fingerprint density at radius 1 is 0.906 bits per heavy atom. The van der Waals surface area contributed by atoms with Crippen LogP contribution in [0.2, 0.25) is 0 Å². The summed E-state index contributed by atoms with van der Waals surface area (Å²) in [4.78, 5) is 18.4. The molecule has 172 valence electrons. The third kappa shape index (κ3) is 5.92. The summed E-state index contributed by atoms with van der Waals surface area (Å²) in [5, 5.41) is 0. The molecule has 1 saturated carbocycles. The Bertz CT molecular complexity index is 848. The van der Waals surface area contributed by atoms with Gasteiger partial charge in [0.25, 0.3) is 0 Å². The first-order chi connectivity index (χ1) is 15.6. The Morgan fingerprint density at radius 3 is 2.16 bits per heavy atom. The fourth-order valence-corrected chi connectivity index (χ4v) is 5.34. The van der Waals surface area contributed by atoms with Gasteiger partial charge in [0.05, 0.1) is 13.5 Å². The molecule has 2 aromatic carbocycles. The van der Waals surface area contributed by atoms with Crippen molar-refractivity contribution >= 4 is 5.91 Å². The number of hydrogen-bond acceptors (Lipinski definition) is 3. The van der Waals surface area contributed by atoms with Crippen LogP contribution in [0.25, 0.3) is 0 Å².